The molecule has 0 spiro atoms. The van der Waals surface area contributed by atoms with Gasteiger partial charge in [-0.1, -0.05) is 12.1 Å². The highest BCUT2D eigenvalue weighted by Gasteiger charge is 2.35. The van der Waals surface area contributed by atoms with Crippen LogP contribution in [0.1, 0.15) is 17.7 Å². The second kappa shape index (κ2) is 8.08. The Kier molecular flexibility index (Phi) is 5.79. The molecule has 146 valence electrons. The van der Waals surface area contributed by atoms with Gasteiger partial charge in [0.25, 0.3) is 0 Å². The maximum atomic E-state index is 12.8. The van der Waals surface area contributed by atoms with E-state index >= 15 is 0 Å². The van der Waals surface area contributed by atoms with E-state index in [9.17, 15) is 22.0 Å². The molecule has 6 nitrogen and oxygen atoms in total. The first-order chi connectivity index (χ1) is 12.8. The molecule has 1 fully saturated rings. The summed E-state index contributed by atoms with van der Waals surface area (Å²) < 4.78 is 57.6. The molecule has 0 saturated carbocycles. The van der Waals surface area contributed by atoms with Gasteiger partial charge >= 0.3 is 6.61 Å². The summed E-state index contributed by atoms with van der Waals surface area (Å²) in [5.74, 6) is 0.305. The van der Waals surface area contributed by atoms with Crippen molar-refractivity contribution >= 4 is 15.7 Å². The van der Waals surface area contributed by atoms with Gasteiger partial charge in [-0.05, 0) is 36.2 Å². The van der Waals surface area contributed by atoms with Crippen LogP contribution < -0.4 is 4.74 Å². The number of hydrogen-bond acceptors (Lipinski definition) is 5. The monoisotopic (exact) mass is 399 g/mol. The lowest BCUT2D eigenvalue weighted by Crippen LogP contribution is -2.41. The highest BCUT2D eigenvalue weighted by molar-refractivity contribution is 7.91. The van der Waals surface area contributed by atoms with Crippen LogP contribution in [0.2, 0.25) is 0 Å². The molecule has 0 unspecified atom stereocenters. The molecule has 0 N–H and O–H groups in total. The first-order valence-electron chi connectivity index (χ1n) is 8.38. The fourth-order valence-electron chi connectivity index (χ4n) is 3.08. The Labute approximate surface area is 155 Å². The lowest BCUT2D eigenvalue weighted by molar-refractivity contribution is -0.133. The average Bonchev–Trinajstić information content (AvgIpc) is 3.23. The molecule has 1 aromatic carbocycles. The van der Waals surface area contributed by atoms with Gasteiger partial charge in [-0.15, -0.1) is 0 Å². The van der Waals surface area contributed by atoms with E-state index < -0.39 is 22.5 Å². The predicted molar refractivity (Wildman–Crippen MR) is 93.1 cm³/mol. The standard InChI is InChI=1S/C18H19F2NO5S/c19-18(20)26-15-5-3-13(4-6-15)10-17(22)21(11-16-2-1-8-25-16)14-7-9-27(23,24)12-14/h1-6,8,14,18H,7,9-12H2/t14-/m0/s1. The first kappa shape index (κ1) is 19.3. The Morgan fingerprint density at radius 3 is 2.56 bits per heavy atom. The van der Waals surface area contributed by atoms with Gasteiger partial charge in [-0.2, -0.15) is 8.78 Å². The molecule has 9 heteroatoms. The third kappa shape index (κ3) is 5.29. The summed E-state index contributed by atoms with van der Waals surface area (Å²) in [6, 6.07) is 8.81. The molecule has 1 saturated heterocycles. The van der Waals surface area contributed by atoms with Crippen LogP contribution in [0.3, 0.4) is 0 Å². The van der Waals surface area contributed by atoms with E-state index in [-0.39, 0.29) is 36.1 Å². The molecular formula is C18H19F2NO5S. The smallest absolute Gasteiger partial charge is 0.387 e. The summed E-state index contributed by atoms with van der Waals surface area (Å²) in [5, 5.41) is 0. The highest BCUT2D eigenvalue weighted by Crippen LogP contribution is 2.22. The van der Waals surface area contributed by atoms with Crippen LogP contribution in [0.4, 0.5) is 8.78 Å². The van der Waals surface area contributed by atoms with E-state index in [0.717, 1.165) is 0 Å². The van der Waals surface area contributed by atoms with Crippen molar-refractivity contribution in [3.05, 3.63) is 54.0 Å². The zero-order valence-electron chi connectivity index (χ0n) is 14.4. The van der Waals surface area contributed by atoms with Crippen LogP contribution in [-0.4, -0.2) is 43.4 Å². The van der Waals surface area contributed by atoms with Crippen molar-refractivity contribution < 1.29 is 31.1 Å². The fourth-order valence-corrected chi connectivity index (χ4v) is 4.81. The van der Waals surface area contributed by atoms with E-state index in [4.69, 9.17) is 4.42 Å². The van der Waals surface area contributed by atoms with Crippen molar-refractivity contribution in [2.75, 3.05) is 11.5 Å². The second-order valence-corrected chi connectivity index (χ2v) is 8.59. The molecule has 0 bridgehead atoms. The maximum absolute atomic E-state index is 12.8. The summed E-state index contributed by atoms with van der Waals surface area (Å²) >= 11 is 0. The van der Waals surface area contributed by atoms with Crippen LogP contribution in [0, 0.1) is 0 Å². The van der Waals surface area contributed by atoms with Crippen molar-refractivity contribution in [1.29, 1.82) is 0 Å². The van der Waals surface area contributed by atoms with Crippen molar-refractivity contribution in [2.24, 2.45) is 0 Å². The van der Waals surface area contributed by atoms with Gasteiger partial charge in [0.05, 0.1) is 30.7 Å². The van der Waals surface area contributed by atoms with Crippen LogP contribution in [0.5, 0.6) is 5.75 Å². The molecule has 0 radical (unpaired) electrons. The van der Waals surface area contributed by atoms with Crippen LogP contribution in [0.15, 0.2) is 47.1 Å². The minimum absolute atomic E-state index is 0.00975. The van der Waals surface area contributed by atoms with Gasteiger partial charge in [0, 0.05) is 6.04 Å². The minimum Gasteiger partial charge on any atom is -0.467 e. The van der Waals surface area contributed by atoms with E-state index in [1.165, 1.54) is 35.4 Å². The first-order valence-corrected chi connectivity index (χ1v) is 10.2. The van der Waals surface area contributed by atoms with Crippen LogP contribution >= 0.6 is 0 Å². The number of carbonyl (C=O) groups excluding carboxylic acids is 1. The van der Waals surface area contributed by atoms with Crippen molar-refractivity contribution in [2.45, 2.75) is 32.0 Å². The van der Waals surface area contributed by atoms with Crippen molar-refractivity contribution in [3.63, 3.8) is 0 Å². The topological polar surface area (TPSA) is 76.8 Å². The number of halogens is 2. The zero-order valence-corrected chi connectivity index (χ0v) is 15.2. The normalized spacial score (nSPS) is 18.6. The number of benzene rings is 1. The number of rotatable bonds is 7. The van der Waals surface area contributed by atoms with E-state index in [1.807, 2.05) is 0 Å². The van der Waals surface area contributed by atoms with Crippen molar-refractivity contribution in [3.8, 4) is 5.75 Å². The molecule has 1 amide bonds. The lowest BCUT2D eigenvalue weighted by Gasteiger charge is -2.27. The van der Waals surface area contributed by atoms with E-state index in [0.29, 0.717) is 17.7 Å². The molecule has 27 heavy (non-hydrogen) atoms. The number of furan rings is 1. The fraction of sp³-hybridized carbons (Fsp3) is 0.389. The Morgan fingerprint density at radius 1 is 1.26 bits per heavy atom. The molecule has 1 aliphatic heterocycles. The van der Waals surface area contributed by atoms with Gasteiger partial charge in [0.1, 0.15) is 11.5 Å². The number of hydrogen-bond donors (Lipinski definition) is 0. The number of nitrogens with zero attached hydrogens (tertiary/aromatic N) is 1. The largest absolute Gasteiger partial charge is 0.467 e. The van der Waals surface area contributed by atoms with Gasteiger partial charge in [-0.3, -0.25) is 4.79 Å². The lowest BCUT2D eigenvalue weighted by atomic mass is 10.1. The summed E-state index contributed by atoms with van der Waals surface area (Å²) in [5.41, 5.74) is 0.618. The maximum Gasteiger partial charge on any atom is 0.387 e. The molecule has 0 aliphatic carbocycles. The average molecular weight is 399 g/mol. The Bertz CT molecular complexity index is 866. The second-order valence-electron chi connectivity index (χ2n) is 6.36. The Hall–Kier alpha value is -2.42. The summed E-state index contributed by atoms with van der Waals surface area (Å²) in [6.45, 7) is -2.73. The van der Waals surface area contributed by atoms with E-state index in [2.05, 4.69) is 4.74 Å². The number of ether oxygens (including phenoxy) is 1. The number of alkyl halides is 2. The van der Waals surface area contributed by atoms with Gasteiger partial charge in [-0.25, -0.2) is 8.42 Å². The van der Waals surface area contributed by atoms with Crippen LogP contribution in [-0.2, 0) is 27.6 Å². The third-order valence-corrected chi connectivity index (χ3v) is 6.13. The number of sulfone groups is 1. The minimum atomic E-state index is -3.16. The summed E-state index contributed by atoms with van der Waals surface area (Å²) in [7, 11) is -3.16. The van der Waals surface area contributed by atoms with Gasteiger partial charge in [0.2, 0.25) is 5.91 Å². The molecule has 1 aromatic heterocycles. The third-order valence-electron chi connectivity index (χ3n) is 4.38. The predicted octanol–water partition coefficient (Wildman–Crippen LogP) is 2.64. The number of carbonyl (C=O) groups is 1. The van der Waals surface area contributed by atoms with Gasteiger partial charge < -0.3 is 14.1 Å². The number of amides is 1. The zero-order chi connectivity index (χ0) is 19.4. The molecule has 2 aromatic rings. The SMILES string of the molecule is O=C(Cc1ccc(OC(F)F)cc1)N(Cc1ccco1)[C@H]1CCS(=O)(=O)C1. The Morgan fingerprint density at radius 2 is 2.00 bits per heavy atom. The quantitative estimate of drug-likeness (QED) is 0.715. The van der Waals surface area contributed by atoms with Crippen LogP contribution in [0.25, 0.3) is 0 Å². The summed E-state index contributed by atoms with van der Waals surface area (Å²) in [6.07, 6.45) is 1.90. The Balaban J connectivity index is 1.72. The molecular weight excluding hydrogens is 380 g/mol. The van der Waals surface area contributed by atoms with Crippen molar-refractivity contribution in [1.82, 2.24) is 4.90 Å². The summed E-state index contributed by atoms with van der Waals surface area (Å²) in [4.78, 5) is 14.4. The molecule has 1 aliphatic rings. The van der Waals surface area contributed by atoms with Gasteiger partial charge in [0.15, 0.2) is 9.84 Å². The van der Waals surface area contributed by atoms with E-state index in [1.54, 1.807) is 12.1 Å². The molecule has 3 rings (SSSR count). The molecule has 1 atom stereocenters. The highest BCUT2D eigenvalue weighted by atomic mass is 32.2. The molecule has 2 heterocycles.